The zero-order valence-electron chi connectivity index (χ0n) is 31.4. The van der Waals surface area contributed by atoms with E-state index in [2.05, 4.69) is 36.4 Å². The first kappa shape index (κ1) is 33.1. The van der Waals surface area contributed by atoms with Crippen molar-refractivity contribution in [3.63, 3.8) is 0 Å². The lowest BCUT2D eigenvalue weighted by Crippen LogP contribution is -2.03. The molecule has 4 aromatic heterocycles. The first-order valence-corrected chi connectivity index (χ1v) is 19.2. The van der Waals surface area contributed by atoms with Crippen molar-refractivity contribution in [2.24, 2.45) is 0 Å². The van der Waals surface area contributed by atoms with Crippen molar-refractivity contribution in [3.05, 3.63) is 168 Å². The number of aromatic nitrogens is 2. The molecule has 0 saturated heterocycles. The summed E-state index contributed by atoms with van der Waals surface area (Å²) in [4.78, 5) is 0. The van der Waals surface area contributed by atoms with Crippen LogP contribution in [0.15, 0.2) is 154 Å². The predicted octanol–water partition coefficient (Wildman–Crippen LogP) is 12.8. The van der Waals surface area contributed by atoms with Gasteiger partial charge in [0.15, 0.2) is 0 Å². The summed E-state index contributed by atoms with van der Waals surface area (Å²) in [5.74, 6) is 0. The van der Waals surface area contributed by atoms with Crippen LogP contribution in [0.5, 0.6) is 0 Å². The van der Waals surface area contributed by atoms with Gasteiger partial charge in [-0.25, -0.2) is 0 Å². The van der Waals surface area contributed by atoms with Gasteiger partial charge in [0, 0.05) is 54.2 Å². The van der Waals surface area contributed by atoms with E-state index >= 15 is 0 Å². The molecule has 0 N–H and O–H groups in total. The van der Waals surface area contributed by atoms with Crippen LogP contribution in [-0.2, 0) is 0 Å². The maximum atomic E-state index is 10.9. The lowest BCUT2D eigenvalue weighted by molar-refractivity contribution is 0.669. The average molecular weight is 765 g/mol. The number of furan rings is 2. The number of nitriles is 4. The van der Waals surface area contributed by atoms with Gasteiger partial charge in [0.05, 0.1) is 67.8 Å². The minimum absolute atomic E-state index is 0.207. The topological polar surface area (TPSA) is 131 Å². The molecule has 0 aliphatic rings. The number of hydrogen-bond donors (Lipinski definition) is 0. The molecule has 0 aliphatic carbocycles. The Hall–Kier alpha value is -9.08. The van der Waals surface area contributed by atoms with E-state index in [0.29, 0.717) is 28.1 Å². The van der Waals surface area contributed by atoms with Gasteiger partial charge < -0.3 is 18.0 Å². The third-order valence-electron chi connectivity index (χ3n) is 11.9. The molecule has 12 rings (SSSR count). The molecular weight excluding hydrogens is 741 g/mol. The lowest BCUT2D eigenvalue weighted by Gasteiger charge is -2.17. The van der Waals surface area contributed by atoms with E-state index in [9.17, 15) is 21.0 Å². The Kier molecular flexibility index (Phi) is 6.73. The Morgan fingerprint density at radius 2 is 0.750 bits per heavy atom. The van der Waals surface area contributed by atoms with Crippen LogP contribution in [0.1, 0.15) is 22.3 Å². The van der Waals surface area contributed by atoms with Crippen LogP contribution >= 0.6 is 0 Å². The van der Waals surface area contributed by atoms with Gasteiger partial charge in [-0.1, -0.05) is 72.8 Å². The van der Waals surface area contributed by atoms with Crippen LogP contribution in [0.25, 0.3) is 110 Å². The van der Waals surface area contributed by atoms with Crippen LogP contribution in [0.3, 0.4) is 0 Å². The standard InChI is InChI=1S/C52H24N6O2/c53-25-29-21-31(27-55)44(58-40-14-6-2-10-34(40)50-42(58)18-20-48-52(50)36-12-4-8-16-46(36)60-48)24-38(29)37-22-32(28-56)43(23-30(37)26-54)57-39-13-5-1-9-33(39)49-41(57)17-19-47-51(49)35-11-3-7-15-45(35)59-47/h1-24H. The molecule has 8 aromatic carbocycles. The number of rotatable bonds is 3. The minimum atomic E-state index is 0.207. The second-order valence-electron chi connectivity index (χ2n) is 14.8. The SMILES string of the molecule is N#Cc1cc(-n2c3ccccc3c3c4c(ccc32)oc2ccccc24)c(C#N)cc1-c1cc(-n2c3ccccc3c3c4c(ccc32)oc2ccccc24)c(C#N)cc1C#N. The highest BCUT2D eigenvalue weighted by atomic mass is 16.3. The number of fused-ring (bicyclic) bond motifs is 14. The number of benzene rings is 8. The fraction of sp³-hybridized carbons (Fsp3) is 0. The Morgan fingerprint density at radius 1 is 0.333 bits per heavy atom. The molecule has 0 bridgehead atoms. The van der Waals surface area contributed by atoms with Crippen molar-refractivity contribution in [1.29, 1.82) is 21.0 Å². The van der Waals surface area contributed by atoms with Gasteiger partial charge in [-0.15, -0.1) is 0 Å². The zero-order valence-corrected chi connectivity index (χ0v) is 31.4. The first-order valence-electron chi connectivity index (χ1n) is 19.2. The third-order valence-corrected chi connectivity index (χ3v) is 11.9. The normalized spacial score (nSPS) is 11.6. The monoisotopic (exact) mass is 764 g/mol. The van der Waals surface area contributed by atoms with E-state index in [0.717, 1.165) is 87.5 Å². The summed E-state index contributed by atoms with van der Waals surface area (Å²) in [6.45, 7) is 0. The largest absolute Gasteiger partial charge is 0.456 e. The maximum Gasteiger partial charge on any atom is 0.136 e. The van der Waals surface area contributed by atoms with Gasteiger partial charge in [-0.2, -0.15) is 21.0 Å². The predicted molar refractivity (Wildman–Crippen MR) is 234 cm³/mol. The Bertz CT molecular complexity index is 4070. The second kappa shape index (κ2) is 12.2. The van der Waals surface area contributed by atoms with Crippen LogP contribution in [0.2, 0.25) is 0 Å². The van der Waals surface area contributed by atoms with Crippen LogP contribution in [0, 0.1) is 45.3 Å². The molecule has 0 saturated carbocycles. The quantitative estimate of drug-likeness (QED) is 0.176. The highest BCUT2D eigenvalue weighted by molar-refractivity contribution is 6.28. The molecule has 60 heavy (non-hydrogen) atoms. The molecule has 4 heterocycles. The van der Waals surface area contributed by atoms with E-state index < -0.39 is 0 Å². The molecular formula is C52H24N6O2. The third kappa shape index (κ3) is 4.34. The summed E-state index contributed by atoms with van der Waals surface area (Å²) in [5.41, 5.74) is 9.47. The van der Waals surface area contributed by atoms with E-state index in [1.165, 1.54) is 0 Å². The summed E-state index contributed by atoms with van der Waals surface area (Å²) < 4.78 is 16.6. The van der Waals surface area contributed by atoms with Crippen molar-refractivity contribution in [2.45, 2.75) is 0 Å². The van der Waals surface area contributed by atoms with Gasteiger partial charge in [-0.3, -0.25) is 0 Å². The minimum Gasteiger partial charge on any atom is -0.456 e. The molecule has 0 spiro atoms. The Morgan fingerprint density at radius 3 is 1.27 bits per heavy atom. The summed E-state index contributed by atoms with van der Waals surface area (Å²) in [6, 6.07) is 56.1. The number of nitrogens with zero attached hydrogens (tertiary/aromatic N) is 6. The Labute approximate surface area is 340 Å². The molecule has 274 valence electrons. The van der Waals surface area contributed by atoms with Gasteiger partial charge in [0.1, 0.15) is 34.5 Å². The van der Waals surface area contributed by atoms with Crippen molar-refractivity contribution < 1.29 is 8.83 Å². The van der Waals surface area contributed by atoms with E-state index in [1.54, 1.807) is 24.3 Å². The maximum absolute atomic E-state index is 10.9. The van der Waals surface area contributed by atoms with Crippen LogP contribution in [-0.4, -0.2) is 9.13 Å². The summed E-state index contributed by atoms with van der Waals surface area (Å²) in [5, 5.41) is 50.8. The molecule has 8 nitrogen and oxygen atoms in total. The highest BCUT2D eigenvalue weighted by Crippen LogP contribution is 2.45. The fourth-order valence-corrected chi connectivity index (χ4v) is 9.42. The smallest absolute Gasteiger partial charge is 0.136 e. The van der Waals surface area contributed by atoms with Crippen LogP contribution in [0.4, 0.5) is 0 Å². The van der Waals surface area contributed by atoms with E-state index in [4.69, 9.17) is 8.83 Å². The van der Waals surface area contributed by atoms with Gasteiger partial charge in [0.2, 0.25) is 0 Å². The number of para-hydroxylation sites is 4. The Balaban J connectivity index is 1.13. The van der Waals surface area contributed by atoms with E-state index in [-0.39, 0.29) is 16.7 Å². The summed E-state index contributed by atoms with van der Waals surface area (Å²) >= 11 is 0. The molecule has 0 radical (unpaired) electrons. The molecule has 0 atom stereocenters. The molecule has 0 aliphatic heterocycles. The molecule has 0 unspecified atom stereocenters. The number of hydrogen-bond acceptors (Lipinski definition) is 6. The van der Waals surface area contributed by atoms with Gasteiger partial charge >= 0.3 is 0 Å². The molecule has 8 heteroatoms. The summed E-state index contributed by atoms with van der Waals surface area (Å²) in [6.07, 6.45) is 0. The average Bonchev–Trinajstić information content (AvgIpc) is 4.05. The van der Waals surface area contributed by atoms with Gasteiger partial charge in [-0.05, 0) is 72.8 Å². The zero-order chi connectivity index (χ0) is 40.2. The van der Waals surface area contributed by atoms with Crippen molar-refractivity contribution >= 4 is 87.5 Å². The van der Waals surface area contributed by atoms with Crippen molar-refractivity contribution in [3.8, 4) is 46.8 Å². The molecule has 12 aromatic rings. The molecule has 0 fully saturated rings. The van der Waals surface area contributed by atoms with Gasteiger partial charge in [0.25, 0.3) is 0 Å². The lowest BCUT2D eigenvalue weighted by atomic mass is 9.91. The summed E-state index contributed by atoms with van der Waals surface area (Å²) in [7, 11) is 0. The first-order chi connectivity index (χ1) is 29.6. The molecule has 0 amide bonds. The second-order valence-corrected chi connectivity index (χ2v) is 14.8. The van der Waals surface area contributed by atoms with Crippen LogP contribution < -0.4 is 0 Å². The van der Waals surface area contributed by atoms with E-state index in [1.807, 2.05) is 118 Å². The van der Waals surface area contributed by atoms with Crippen molar-refractivity contribution in [2.75, 3.05) is 0 Å². The fourth-order valence-electron chi connectivity index (χ4n) is 9.42. The highest BCUT2D eigenvalue weighted by Gasteiger charge is 2.25. The van der Waals surface area contributed by atoms with Crippen molar-refractivity contribution in [1.82, 2.24) is 9.13 Å².